The minimum atomic E-state index is -0.203. The molecule has 2 fully saturated rings. The van der Waals surface area contributed by atoms with Gasteiger partial charge in [0.1, 0.15) is 5.82 Å². The largest absolute Gasteiger partial charge is 0.376 e. The molecule has 2 unspecified atom stereocenters. The Labute approximate surface area is 227 Å². The zero-order chi connectivity index (χ0) is 24.9. The maximum Gasteiger partial charge on any atom is 0.123 e. The summed E-state index contributed by atoms with van der Waals surface area (Å²) in [6.45, 7) is 7.67. The molecule has 1 aromatic heterocycles. The van der Waals surface area contributed by atoms with Crippen molar-refractivity contribution >= 4 is 34.5 Å². The van der Waals surface area contributed by atoms with Crippen LogP contribution in [0.4, 0.5) is 4.39 Å². The van der Waals surface area contributed by atoms with Crippen molar-refractivity contribution in [3.05, 3.63) is 91.8 Å². The average molecular weight is 548 g/mol. The predicted octanol–water partition coefficient (Wildman–Crippen LogP) is 7.34. The highest BCUT2D eigenvalue weighted by Crippen LogP contribution is 2.36. The van der Waals surface area contributed by atoms with Crippen molar-refractivity contribution in [2.75, 3.05) is 39.3 Å². The van der Waals surface area contributed by atoms with Crippen molar-refractivity contribution in [1.29, 1.82) is 0 Å². The van der Waals surface area contributed by atoms with Gasteiger partial charge < -0.3 is 9.64 Å². The molecular formula is C29H33Cl2FN2OS. The van der Waals surface area contributed by atoms with Crippen LogP contribution in [0.5, 0.6) is 0 Å². The first-order valence-electron chi connectivity index (χ1n) is 12.8. The molecule has 2 atom stereocenters. The van der Waals surface area contributed by atoms with E-state index in [9.17, 15) is 4.39 Å². The molecule has 3 nitrogen and oxygen atoms in total. The van der Waals surface area contributed by atoms with Crippen LogP contribution in [0.15, 0.2) is 59.3 Å². The molecule has 0 radical (unpaired) electrons. The fourth-order valence-electron chi connectivity index (χ4n) is 5.64. The van der Waals surface area contributed by atoms with Gasteiger partial charge in [-0.1, -0.05) is 35.3 Å². The van der Waals surface area contributed by atoms with Gasteiger partial charge in [-0.15, -0.1) is 0 Å². The highest BCUT2D eigenvalue weighted by Gasteiger charge is 2.36. The van der Waals surface area contributed by atoms with Crippen LogP contribution in [0.25, 0.3) is 0 Å². The monoisotopic (exact) mass is 546 g/mol. The number of ether oxygens (including phenoxy) is 1. The second-order valence-electron chi connectivity index (χ2n) is 10.2. The van der Waals surface area contributed by atoms with E-state index < -0.39 is 0 Å². The fraction of sp³-hybridized carbons (Fsp3) is 0.448. The second kappa shape index (κ2) is 12.4. The third kappa shape index (κ3) is 6.89. The third-order valence-electron chi connectivity index (χ3n) is 7.63. The molecule has 0 bridgehead atoms. The lowest BCUT2D eigenvalue weighted by Gasteiger charge is -2.34. The van der Waals surface area contributed by atoms with Gasteiger partial charge in [0.25, 0.3) is 0 Å². The van der Waals surface area contributed by atoms with Gasteiger partial charge in [-0.05, 0) is 102 Å². The third-order valence-corrected chi connectivity index (χ3v) is 8.93. The van der Waals surface area contributed by atoms with E-state index in [0.29, 0.717) is 24.4 Å². The molecule has 192 valence electrons. The van der Waals surface area contributed by atoms with Crippen molar-refractivity contribution in [1.82, 2.24) is 9.80 Å². The van der Waals surface area contributed by atoms with Crippen LogP contribution in [-0.4, -0.2) is 49.1 Å². The summed E-state index contributed by atoms with van der Waals surface area (Å²) in [5.41, 5.74) is 3.60. The van der Waals surface area contributed by atoms with Crippen molar-refractivity contribution < 1.29 is 9.13 Å². The molecule has 5 rings (SSSR count). The minimum absolute atomic E-state index is 0.203. The minimum Gasteiger partial charge on any atom is -0.376 e. The smallest absolute Gasteiger partial charge is 0.123 e. The Balaban J connectivity index is 1.12. The maximum atomic E-state index is 13.1. The Morgan fingerprint density at radius 1 is 0.972 bits per heavy atom. The van der Waals surface area contributed by atoms with Gasteiger partial charge in [-0.3, -0.25) is 4.90 Å². The van der Waals surface area contributed by atoms with Crippen LogP contribution in [-0.2, 0) is 17.9 Å². The lowest BCUT2D eigenvalue weighted by Crippen LogP contribution is -2.39. The highest BCUT2D eigenvalue weighted by molar-refractivity contribution is 7.08. The van der Waals surface area contributed by atoms with Crippen LogP contribution in [0.1, 0.15) is 35.4 Å². The summed E-state index contributed by atoms with van der Waals surface area (Å²) in [6.07, 6.45) is 2.34. The van der Waals surface area contributed by atoms with Gasteiger partial charge in [-0.25, -0.2) is 4.39 Å². The quantitative estimate of drug-likeness (QED) is 0.279. The van der Waals surface area contributed by atoms with Crippen LogP contribution in [0.2, 0.25) is 10.0 Å². The summed E-state index contributed by atoms with van der Waals surface area (Å²) in [7, 11) is 0. The molecule has 2 aromatic carbocycles. The van der Waals surface area contributed by atoms with E-state index in [4.69, 9.17) is 27.9 Å². The Morgan fingerprint density at radius 3 is 2.53 bits per heavy atom. The highest BCUT2D eigenvalue weighted by atomic mass is 35.5. The van der Waals surface area contributed by atoms with Gasteiger partial charge in [0.15, 0.2) is 0 Å². The van der Waals surface area contributed by atoms with Crippen molar-refractivity contribution in [2.45, 2.75) is 31.9 Å². The molecule has 2 aliphatic heterocycles. The summed E-state index contributed by atoms with van der Waals surface area (Å²) in [5, 5.41) is 6.04. The van der Waals surface area contributed by atoms with Gasteiger partial charge in [-0.2, -0.15) is 11.3 Å². The Bertz CT molecular complexity index is 1100. The van der Waals surface area contributed by atoms with Gasteiger partial charge in [0, 0.05) is 48.7 Å². The van der Waals surface area contributed by atoms with Crippen molar-refractivity contribution in [2.24, 2.45) is 11.8 Å². The van der Waals surface area contributed by atoms with Crippen molar-refractivity contribution in [3.63, 3.8) is 0 Å². The molecule has 0 aliphatic carbocycles. The molecular weight excluding hydrogens is 514 g/mol. The van der Waals surface area contributed by atoms with E-state index in [2.05, 4.69) is 26.6 Å². The summed E-state index contributed by atoms with van der Waals surface area (Å²) in [5.74, 6) is 1.54. The number of nitrogens with zero attached hydrogens (tertiary/aromatic N) is 2. The zero-order valence-electron chi connectivity index (χ0n) is 20.4. The zero-order valence-corrected chi connectivity index (χ0v) is 22.7. The number of hydrogen-bond donors (Lipinski definition) is 0. The van der Waals surface area contributed by atoms with Crippen LogP contribution >= 0.6 is 34.5 Å². The topological polar surface area (TPSA) is 15.7 Å². The lowest BCUT2D eigenvalue weighted by atomic mass is 9.89. The summed E-state index contributed by atoms with van der Waals surface area (Å²) in [4.78, 5) is 5.19. The fourth-order valence-corrected chi connectivity index (χ4v) is 6.73. The number of hydrogen-bond acceptors (Lipinski definition) is 4. The van der Waals surface area contributed by atoms with Crippen LogP contribution < -0.4 is 0 Å². The first-order valence-corrected chi connectivity index (χ1v) is 14.5. The van der Waals surface area contributed by atoms with E-state index in [-0.39, 0.29) is 5.82 Å². The lowest BCUT2D eigenvalue weighted by molar-refractivity contribution is 0.0542. The molecule has 3 heterocycles. The second-order valence-corrected chi connectivity index (χ2v) is 11.9. The van der Waals surface area contributed by atoms with Gasteiger partial charge in [0.05, 0.1) is 6.61 Å². The van der Waals surface area contributed by atoms with Crippen molar-refractivity contribution in [3.8, 4) is 0 Å². The summed E-state index contributed by atoms with van der Waals surface area (Å²) < 4.78 is 19.0. The Hall–Kier alpha value is -1.47. The Morgan fingerprint density at radius 2 is 1.78 bits per heavy atom. The molecule has 36 heavy (non-hydrogen) atoms. The first kappa shape index (κ1) is 26.1. The van der Waals surface area contributed by atoms with E-state index in [0.717, 1.165) is 67.0 Å². The SMILES string of the molecule is Fc1ccc(COCC2CCN(CC3CN(Cc4cc(Cl)ccc4Cl)CC3c3ccsc3)CC2)cc1. The normalized spacial score (nSPS) is 21.9. The molecule has 0 saturated carbocycles. The van der Waals surface area contributed by atoms with E-state index in [1.807, 2.05) is 18.2 Å². The number of likely N-dealkylation sites (tertiary alicyclic amines) is 2. The average Bonchev–Trinajstić information content (AvgIpc) is 3.54. The van der Waals surface area contributed by atoms with Gasteiger partial charge >= 0.3 is 0 Å². The molecule has 7 heteroatoms. The Kier molecular flexibility index (Phi) is 8.99. The number of benzene rings is 2. The first-order chi connectivity index (χ1) is 17.5. The molecule has 3 aromatic rings. The number of thiophene rings is 1. The van der Waals surface area contributed by atoms with Crippen LogP contribution in [0, 0.1) is 17.7 Å². The summed E-state index contributed by atoms with van der Waals surface area (Å²) >= 11 is 14.5. The molecule has 0 N–H and O–H groups in total. The van der Waals surface area contributed by atoms with E-state index >= 15 is 0 Å². The molecule has 0 amide bonds. The van der Waals surface area contributed by atoms with E-state index in [1.54, 1.807) is 23.5 Å². The maximum absolute atomic E-state index is 13.1. The number of piperidine rings is 1. The predicted molar refractivity (Wildman–Crippen MR) is 148 cm³/mol. The van der Waals surface area contributed by atoms with E-state index in [1.165, 1.54) is 30.5 Å². The number of rotatable bonds is 9. The van der Waals surface area contributed by atoms with Gasteiger partial charge in [0.2, 0.25) is 0 Å². The number of halogens is 3. The standard InChI is InChI=1S/C29H33Cl2FN2OS/c30-26-3-6-29(31)24(13-26)14-34-16-25(28(17-34)23-9-12-36-20-23)15-33-10-7-22(8-11-33)19-35-18-21-1-4-27(32)5-2-21/h1-6,9,12-13,20,22,25,28H,7-8,10-11,14-19H2. The van der Waals surface area contributed by atoms with Crippen LogP contribution in [0.3, 0.4) is 0 Å². The summed E-state index contributed by atoms with van der Waals surface area (Å²) in [6, 6.07) is 14.6. The molecule has 2 aliphatic rings. The molecule has 2 saturated heterocycles. The molecule has 0 spiro atoms.